The lowest BCUT2D eigenvalue weighted by Gasteiger charge is -2.22. The molecule has 0 aromatic heterocycles. The third-order valence-electron chi connectivity index (χ3n) is 3.35. The molecule has 0 aromatic carbocycles. The first-order chi connectivity index (χ1) is 6.56. The highest BCUT2D eigenvalue weighted by molar-refractivity contribution is 6.67. The van der Waals surface area contributed by atoms with Crippen LogP contribution in [0.15, 0.2) is 0 Å². The fourth-order valence-corrected chi connectivity index (χ4v) is 5.29. The molecule has 0 aliphatic heterocycles. The summed E-state index contributed by atoms with van der Waals surface area (Å²) in [6, 6.07) is 0.242. The molecule has 1 fully saturated rings. The molecule has 0 radical (unpaired) electrons. The highest BCUT2D eigenvalue weighted by atomic mass is 28.4. The van der Waals surface area contributed by atoms with Crippen molar-refractivity contribution in [3.05, 3.63) is 0 Å². The van der Waals surface area contributed by atoms with Gasteiger partial charge in [0, 0.05) is 11.6 Å². The molecule has 0 amide bonds. The van der Waals surface area contributed by atoms with Gasteiger partial charge in [-0.3, -0.25) is 8.22 Å². The van der Waals surface area contributed by atoms with Crippen LogP contribution in [0.25, 0.3) is 0 Å². The van der Waals surface area contributed by atoms with Crippen LogP contribution in [0.3, 0.4) is 0 Å². The molecule has 14 heavy (non-hydrogen) atoms. The highest BCUT2D eigenvalue weighted by Gasteiger charge is 2.46. The molecule has 1 unspecified atom stereocenters. The maximum Gasteiger partial charge on any atom is 0.428 e. The lowest BCUT2D eigenvalue weighted by Crippen LogP contribution is -2.30. The molecular formula is C11H22F2Si. The monoisotopic (exact) mass is 220 g/mol. The molecule has 1 aliphatic rings. The Labute approximate surface area is 87.4 Å². The van der Waals surface area contributed by atoms with Crippen molar-refractivity contribution in [2.24, 2.45) is 5.92 Å². The average molecular weight is 220 g/mol. The van der Waals surface area contributed by atoms with E-state index in [0.717, 1.165) is 38.5 Å². The van der Waals surface area contributed by atoms with Gasteiger partial charge in [-0.25, -0.2) is 0 Å². The number of rotatable bonds is 5. The van der Waals surface area contributed by atoms with Gasteiger partial charge in [-0.15, -0.1) is 0 Å². The third kappa shape index (κ3) is 3.34. The molecule has 3 heteroatoms. The first-order valence-electron chi connectivity index (χ1n) is 5.94. The zero-order chi connectivity index (χ0) is 10.6. The van der Waals surface area contributed by atoms with Crippen molar-refractivity contribution in [3.63, 3.8) is 0 Å². The normalized spacial score (nSPS) is 21.4. The largest absolute Gasteiger partial charge is 0.428 e. The third-order valence-corrected chi connectivity index (χ3v) is 6.37. The van der Waals surface area contributed by atoms with E-state index in [0.29, 0.717) is 0 Å². The molecule has 0 aromatic rings. The van der Waals surface area contributed by atoms with Gasteiger partial charge in [0.1, 0.15) is 0 Å². The van der Waals surface area contributed by atoms with Gasteiger partial charge in [0.25, 0.3) is 0 Å². The molecule has 1 rings (SSSR count). The van der Waals surface area contributed by atoms with E-state index in [1.165, 1.54) is 0 Å². The van der Waals surface area contributed by atoms with E-state index in [2.05, 4.69) is 6.92 Å². The predicted molar refractivity (Wildman–Crippen MR) is 59.1 cm³/mol. The number of halogens is 2. The average Bonchev–Trinajstić information content (AvgIpc) is 2.54. The van der Waals surface area contributed by atoms with E-state index in [1.807, 2.05) is 6.92 Å². The molecule has 84 valence electrons. The second kappa shape index (κ2) is 5.24. The van der Waals surface area contributed by atoms with Gasteiger partial charge in [0.15, 0.2) is 0 Å². The fraction of sp³-hybridized carbons (Fsp3) is 1.00. The maximum absolute atomic E-state index is 13.8. The van der Waals surface area contributed by atoms with Crippen molar-refractivity contribution in [2.45, 2.75) is 64.0 Å². The molecule has 1 aliphatic carbocycles. The Kier molecular flexibility index (Phi) is 4.55. The summed E-state index contributed by atoms with van der Waals surface area (Å²) in [6.07, 6.45) is 5.69. The van der Waals surface area contributed by atoms with Gasteiger partial charge in [-0.2, -0.15) is 0 Å². The Morgan fingerprint density at radius 2 is 1.86 bits per heavy atom. The summed E-state index contributed by atoms with van der Waals surface area (Å²) < 4.78 is 27.7. The second-order valence-corrected chi connectivity index (χ2v) is 7.59. The quantitative estimate of drug-likeness (QED) is 0.463. The molecule has 0 saturated heterocycles. The topological polar surface area (TPSA) is 0 Å². The van der Waals surface area contributed by atoms with Gasteiger partial charge in [-0.1, -0.05) is 39.5 Å². The van der Waals surface area contributed by atoms with Crippen LogP contribution in [0.5, 0.6) is 0 Å². The van der Waals surface area contributed by atoms with E-state index in [-0.39, 0.29) is 17.5 Å². The molecule has 0 nitrogen and oxygen atoms in total. The van der Waals surface area contributed by atoms with Crippen LogP contribution in [-0.2, 0) is 0 Å². The molecule has 0 N–H and O–H groups in total. The Morgan fingerprint density at radius 3 is 2.36 bits per heavy atom. The molecule has 1 saturated carbocycles. The summed E-state index contributed by atoms with van der Waals surface area (Å²) in [6.45, 7) is 4.06. The van der Waals surface area contributed by atoms with Crippen LogP contribution in [0.4, 0.5) is 8.22 Å². The van der Waals surface area contributed by atoms with E-state index in [9.17, 15) is 8.22 Å². The van der Waals surface area contributed by atoms with Crippen molar-refractivity contribution in [3.8, 4) is 0 Å². The molecular weight excluding hydrogens is 198 g/mol. The molecule has 0 bridgehead atoms. The summed E-state index contributed by atoms with van der Waals surface area (Å²) in [4.78, 5) is 0. The molecule has 0 spiro atoms. The Morgan fingerprint density at radius 1 is 1.29 bits per heavy atom. The fourth-order valence-electron chi connectivity index (χ4n) is 2.57. The van der Waals surface area contributed by atoms with Gasteiger partial charge in [-0.05, 0) is 18.8 Å². The van der Waals surface area contributed by atoms with E-state index in [1.54, 1.807) is 0 Å². The van der Waals surface area contributed by atoms with Crippen LogP contribution in [0.1, 0.15) is 52.4 Å². The summed E-state index contributed by atoms with van der Waals surface area (Å²) in [5.41, 5.74) is -0.179. The van der Waals surface area contributed by atoms with Crippen molar-refractivity contribution < 1.29 is 8.22 Å². The summed E-state index contributed by atoms with van der Waals surface area (Å²) in [5.74, 6) is 0.238. The van der Waals surface area contributed by atoms with E-state index >= 15 is 0 Å². The first-order valence-corrected chi connectivity index (χ1v) is 7.98. The maximum atomic E-state index is 13.8. The van der Waals surface area contributed by atoms with Crippen molar-refractivity contribution in [1.82, 2.24) is 0 Å². The minimum atomic E-state index is -3.87. The van der Waals surface area contributed by atoms with Crippen molar-refractivity contribution in [2.75, 3.05) is 0 Å². The Hall–Kier alpha value is 0.0769. The minimum absolute atomic E-state index is 0.179. The summed E-state index contributed by atoms with van der Waals surface area (Å²) in [5, 5.41) is 0. The number of hydrogen-bond donors (Lipinski definition) is 0. The zero-order valence-corrected chi connectivity index (χ0v) is 10.4. The van der Waals surface area contributed by atoms with Crippen molar-refractivity contribution >= 4 is 8.74 Å². The van der Waals surface area contributed by atoms with Crippen LogP contribution in [0.2, 0.25) is 11.6 Å². The predicted octanol–water partition coefficient (Wildman–Crippen LogP) is 4.75. The van der Waals surface area contributed by atoms with Crippen LogP contribution < -0.4 is 0 Å². The Bertz CT molecular complexity index is 165. The molecule has 0 heterocycles. The van der Waals surface area contributed by atoms with Crippen LogP contribution >= 0.6 is 0 Å². The van der Waals surface area contributed by atoms with Gasteiger partial charge in [0.05, 0.1) is 0 Å². The lowest BCUT2D eigenvalue weighted by atomic mass is 10.1. The Balaban J connectivity index is 2.39. The second-order valence-electron chi connectivity index (χ2n) is 4.84. The van der Waals surface area contributed by atoms with Crippen molar-refractivity contribution in [1.29, 1.82) is 0 Å². The first kappa shape index (κ1) is 12.1. The smallest absolute Gasteiger partial charge is 0.270 e. The minimum Gasteiger partial charge on any atom is -0.270 e. The SMILES string of the molecule is CCCC(C)C[Si](F)(F)C1CCCC1. The summed E-state index contributed by atoms with van der Waals surface area (Å²) in [7, 11) is -3.87. The van der Waals surface area contributed by atoms with Gasteiger partial charge in [0.2, 0.25) is 0 Å². The zero-order valence-electron chi connectivity index (χ0n) is 9.36. The standard InChI is InChI=1S/C11H22F2Si/c1-3-6-10(2)9-14(12,13)11-7-4-5-8-11/h10-11H,3-9H2,1-2H3. The highest BCUT2D eigenvalue weighted by Crippen LogP contribution is 2.43. The summed E-state index contributed by atoms with van der Waals surface area (Å²) >= 11 is 0. The number of hydrogen-bond acceptors (Lipinski definition) is 0. The van der Waals surface area contributed by atoms with E-state index < -0.39 is 8.74 Å². The molecule has 1 atom stereocenters. The van der Waals surface area contributed by atoms with Gasteiger partial charge >= 0.3 is 8.74 Å². The lowest BCUT2D eigenvalue weighted by molar-refractivity contribution is 0.477. The van der Waals surface area contributed by atoms with Gasteiger partial charge < -0.3 is 0 Å². The van der Waals surface area contributed by atoms with E-state index in [4.69, 9.17) is 0 Å². The van der Waals surface area contributed by atoms with Crippen LogP contribution in [0, 0.1) is 5.92 Å². The van der Waals surface area contributed by atoms with Crippen LogP contribution in [-0.4, -0.2) is 8.74 Å².